The highest BCUT2D eigenvalue weighted by Gasteiger charge is 1.82. The summed E-state index contributed by atoms with van der Waals surface area (Å²) in [7, 11) is 0. The van der Waals surface area contributed by atoms with Gasteiger partial charge in [-0.1, -0.05) is 6.08 Å². The van der Waals surface area contributed by atoms with Gasteiger partial charge in [0, 0.05) is 0 Å². The van der Waals surface area contributed by atoms with Gasteiger partial charge in [-0.2, -0.15) is 0 Å². The van der Waals surface area contributed by atoms with Crippen LogP contribution in [0.5, 0.6) is 0 Å². The van der Waals surface area contributed by atoms with Crippen molar-refractivity contribution >= 4 is 22.6 Å². The number of halogens is 1. The molecule has 0 saturated carbocycles. The van der Waals surface area contributed by atoms with Crippen molar-refractivity contribution in [2.24, 2.45) is 0 Å². The first kappa shape index (κ1) is 8.17. The molecule has 0 bridgehead atoms. The Balaban J connectivity index is 3.44. The SMILES string of the molecule is C=CC/C(I)=C/CO. The molecule has 0 aliphatic carbocycles. The zero-order valence-electron chi connectivity index (χ0n) is 4.60. The van der Waals surface area contributed by atoms with Crippen LogP contribution in [0.3, 0.4) is 0 Å². The van der Waals surface area contributed by atoms with E-state index in [0.717, 1.165) is 10.0 Å². The predicted octanol–water partition coefficient (Wildman–Crippen LogP) is 1.87. The Kier molecular flexibility index (Phi) is 5.42. The first-order chi connectivity index (χ1) is 3.81. The molecule has 0 aliphatic rings. The van der Waals surface area contributed by atoms with E-state index in [1.165, 1.54) is 0 Å². The molecular weight excluding hydrogens is 215 g/mol. The summed E-state index contributed by atoms with van der Waals surface area (Å²) < 4.78 is 1.14. The van der Waals surface area contributed by atoms with Gasteiger partial charge < -0.3 is 5.11 Å². The first-order valence-corrected chi connectivity index (χ1v) is 3.45. The zero-order chi connectivity index (χ0) is 6.41. The fraction of sp³-hybridized carbons (Fsp3) is 0.333. The molecule has 0 aliphatic heterocycles. The number of allylic oxidation sites excluding steroid dienone is 2. The van der Waals surface area contributed by atoms with Crippen LogP contribution in [0.2, 0.25) is 0 Å². The molecule has 0 saturated heterocycles. The molecule has 1 N–H and O–H groups in total. The third-order valence-electron chi connectivity index (χ3n) is 0.652. The zero-order valence-corrected chi connectivity index (χ0v) is 6.76. The molecule has 0 unspecified atom stereocenters. The molecule has 0 atom stereocenters. The van der Waals surface area contributed by atoms with Gasteiger partial charge in [0.2, 0.25) is 0 Å². The number of hydrogen-bond donors (Lipinski definition) is 1. The van der Waals surface area contributed by atoms with Gasteiger partial charge in [-0.15, -0.1) is 6.58 Å². The van der Waals surface area contributed by atoms with E-state index in [0.29, 0.717) is 0 Å². The summed E-state index contributed by atoms with van der Waals surface area (Å²) in [5.74, 6) is 0. The monoisotopic (exact) mass is 224 g/mol. The van der Waals surface area contributed by atoms with Gasteiger partial charge in [0.15, 0.2) is 0 Å². The Hall–Kier alpha value is 0.170. The Morgan fingerprint density at radius 2 is 2.38 bits per heavy atom. The highest BCUT2D eigenvalue weighted by atomic mass is 127. The molecule has 2 heteroatoms. The lowest BCUT2D eigenvalue weighted by molar-refractivity contribution is 0.342. The topological polar surface area (TPSA) is 20.2 Å². The molecular formula is C6H9IO. The standard InChI is InChI=1S/C6H9IO/c1-2-3-6(7)4-5-8/h2,4,8H,1,3,5H2/b6-4-. The summed E-state index contributed by atoms with van der Waals surface area (Å²) in [6.07, 6.45) is 4.44. The lowest BCUT2D eigenvalue weighted by atomic mass is 10.4. The minimum atomic E-state index is 0.131. The highest BCUT2D eigenvalue weighted by molar-refractivity contribution is 14.1. The van der Waals surface area contributed by atoms with Crippen LogP contribution in [0, 0.1) is 0 Å². The van der Waals surface area contributed by atoms with Crippen LogP contribution in [0.4, 0.5) is 0 Å². The first-order valence-electron chi connectivity index (χ1n) is 2.37. The Morgan fingerprint density at radius 1 is 1.75 bits per heavy atom. The minimum absolute atomic E-state index is 0.131. The van der Waals surface area contributed by atoms with Crippen LogP contribution in [0.15, 0.2) is 22.3 Å². The maximum atomic E-state index is 8.35. The fourth-order valence-electron chi connectivity index (χ4n) is 0.320. The van der Waals surface area contributed by atoms with E-state index in [9.17, 15) is 0 Å². The maximum absolute atomic E-state index is 8.35. The average Bonchev–Trinajstić information content (AvgIpc) is 1.68. The van der Waals surface area contributed by atoms with Crippen molar-refractivity contribution in [3.63, 3.8) is 0 Å². The van der Waals surface area contributed by atoms with Crippen molar-refractivity contribution in [1.82, 2.24) is 0 Å². The van der Waals surface area contributed by atoms with Crippen molar-refractivity contribution in [3.8, 4) is 0 Å². The fourth-order valence-corrected chi connectivity index (χ4v) is 0.829. The van der Waals surface area contributed by atoms with Gasteiger partial charge in [0.05, 0.1) is 6.61 Å². The second-order valence-corrected chi connectivity index (χ2v) is 2.71. The van der Waals surface area contributed by atoms with E-state index in [-0.39, 0.29) is 6.61 Å². The number of aliphatic hydroxyl groups is 1. The summed E-state index contributed by atoms with van der Waals surface area (Å²) in [5, 5.41) is 8.35. The van der Waals surface area contributed by atoms with Gasteiger partial charge in [0.1, 0.15) is 0 Å². The summed E-state index contributed by atoms with van der Waals surface area (Å²) in [4.78, 5) is 0. The van der Waals surface area contributed by atoms with E-state index >= 15 is 0 Å². The smallest absolute Gasteiger partial charge is 0.0622 e. The molecule has 1 nitrogen and oxygen atoms in total. The lowest BCUT2D eigenvalue weighted by Gasteiger charge is -1.87. The van der Waals surface area contributed by atoms with Crippen LogP contribution in [-0.2, 0) is 0 Å². The maximum Gasteiger partial charge on any atom is 0.0622 e. The van der Waals surface area contributed by atoms with Crippen molar-refractivity contribution < 1.29 is 5.11 Å². The second kappa shape index (κ2) is 5.31. The van der Waals surface area contributed by atoms with Gasteiger partial charge in [0.25, 0.3) is 0 Å². The number of hydrogen-bond acceptors (Lipinski definition) is 1. The lowest BCUT2D eigenvalue weighted by Crippen LogP contribution is -1.73. The Labute approximate surface area is 63.2 Å². The molecule has 0 aromatic carbocycles. The van der Waals surface area contributed by atoms with Gasteiger partial charge in [-0.05, 0) is 38.7 Å². The molecule has 0 heterocycles. The molecule has 46 valence electrons. The van der Waals surface area contributed by atoms with Crippen molar-refractivity contribution in [2.45, 2.75) is 6.42 Å². The van der Waals surface area contributed by atoms with Crippen LogP contribution < -0.4 is 0 Å². The number of aliphatic hydroxyl groups excluding tert-OH is 1. The van der Waals surface area contributed by atoms with Crippen LogP contribution in [0.25, 0.3) is 0 Å². The predicted molar refractivity (Wildman–Crippen MR) is 44.0 cm³/mol. The average molecular weight is 224 g/mol. The van der Waals surface area contributed by atoms with Crippen molar-refractivity contribution in [1.29, 1.82) is 0 Å². The summed E-state index contributed by atoms with van der Waals surface area (Å²) in [5.41, 5.74) is 0. The molecule has 0 aromatic rings. The van der Waals surface area contributed by atoms with E-state index in [1.54, 1.807) is 6.08 Å². The quantitative estimate of drug-likeness (QED) is 0.573. The van der Waals surface area contributed by atoms with Crippen LogP contribution in [0.1, 0.15) is 6.42 Å². The summed E-state index contributed by atoms with van der Waals surface area (Å²) >= 11 is 2.17. The molecule has 0 aromatic heterocycles. The van der Waals surface area contributed by atoms with Gasteiger partial charge >= 0.3 is 0 Å². The van der Waals surface area contributed by atoms with Crippen LogP contribution >= 0.6 is 22.6 Å². The number of rotatable bonds is 3. The van der Waals surface area contributed by atoms with Crippen molar-refractivity contribution in [2.75, 3.05) is 6.61 Å². The largest absolute Gasteiger partial charge is 0.392 e. The molecule has 0 fully saturated rings. The van der Waals surface area contributed by atoms with E-state index in [2.05, 4.69) is 29.2 Å². The summed E-state index contributed by atoms with van der Waals surface area (Å²) in [6, 6.07) is 0. The normalized spacial score (nSPS) is 11.5. The summed E-state index contributed by atoms with van der Waals surface area (Å²) in [6.45, 7) is 3.69. The second-order valence-electron chi connectivity index (χ2n) is 1.33. The molecule has 0 radical (unpaired) electrons. The van der Waals surface area contributed by atoms with E-state index in [4.69, 9.17) is 5.11 Å². The molecule has 0 spiro atoms. The van der Waals surface area contributed by atoms with Gasteiger partial charge in [-0.3, -0.25) is 0 Å². The molecule has 0 rings (SSSR count). The van der Waals surface area contributed by atoms with Crippen LogP contribution in [-0.4, -0.2) is 11.7 Å². The Morgan fingerprint density at radius 3 is 2.75 bits per heavy atom. The van der Waals surface area contributed by atoms with Crippen molar-refractivity contribution in [3.05, 3.63) is 22.3 Å². The van der Waals surface area contributed by atoms with Gasteiger partial charge in [-0.25, -0.2) is 0 Å². The van der Waals surface area contributed by atoms with E-state index in [1.807, 2.05) is 6.08 Å². The molecule has 8 heavy (non-hydrogen) atoms. The molecule has 0 amide bonds. The third-order valence-corrected chi connectivity index (χ3v) is 1.53. The van der Waals surface area contributed by atoms with E-state index < -0.39 is 0 Å². The minimum Gasteiger partial charge on any atom is -0.392 e. The highest BCUT2D eigenvalue weighted by Crippen LogP contribution is 2.09. The Bertz CT molecular complexity index is 96.7. The third kappa shape index (κ3) is 4.33.